The molecule has 23 heavy (non-hydrogen) atoms. The van der Waals surface area contributed by atoms with Crippen LogP contribution in [0.2, 0.25) is 0 Å². The molecule has 0 spiro atoms. The molecule has 2 N–H and O–H groups in total. The van der Waals surface area contributed by atoms with Crippen LogP contribution in [0.4, 0.5) is 0 Å². The largest absolute Gasteiger partial charge is 0.348 e. The molecule has 2 unspecified atom stereocenters. The second-order valence-electron chi connectivity index (χ2n) is 6.66. The number of rotatable bonds is 3. The van der Waals surface area contributed by atoms with Gasteiger partial charge in [0, 0.05) is 18.1 Å². The molecule has 0 saturated carbocycles. The van der Waals surface area contributed by atoms with Gasteiger partial charge < -0.3 is 10.6 Å². The molecule has 2 aliphatic rings. The smallest absolute Gasteiger partial charge is 0.273 e. The first kappa shape index (κ1) is 14.4. The molecule has 120 valence electrons. The molecule has 3 heterocycles. The van der Waals surface area contributed by atoms with Crippen LogP contribution in [0.15, 0.2) is 30.5 Å². The predicted octanol–water partition coefficient (Wildman–Crippen LogP) is 1.59. The molecule has 2 aliphatic heterocycles. The Labute approximate surface area is 135 Å². The van der Waals surface area contributed by atoms with Gasteiger partial charge in [0.15, 0.2) is 5.69 Å². The van der Waals surface area contributed by atoms with E-state index < -0.39 is 0 Å². The third-order valence-electron chi connectivity index (χ3n) is 4.83. The van der Waals surface area contributed by atoms with Gasteiger partial charge in [-0.3, -0.25) is 4.79 Å². The number of benzene rings is 1. The van der Waals surface area contributed by atoms with Gasteiger partial charge in [0.1, 0.15) is 0 Å². The van der Waals surface area contributed by atoms with Crippen LogP contribution >= 0.6 is 0 Å². The average molecular weight is 311 g/mol. The monoisotopic (exact) mass is 311 g/mol. The van der Waals surface area contributed by atoms with Crippen molar-refractivity contribution in [3.8, 4) is 5.69 Å². The minimum absolute atomic E-state index is 0.130. The summed E-state index contributed by atoms with van der Waals surface area (Å²) < 4.78 is 1.64. The Kier molecular flexibility index (Phi) is 3.61. The molecular formula is C17H21N5O. The number of nitrogens with zero attached hydrogens (tertiary/aromatic N) is 3. The van der Waals surface area contributed by atoms with Gasteiger partial charge in [-0.2, -0.15) is 0 Å². The summed E-state index contributed by atoms with van der Waals surface area (Å²) in [6.45, 7) is 2.04. The van der Waals surface area contributed by atoms with Crippen LogP contribution in [0, 0.1) is 6.92 Å². The van der Waals surface area contributed by atoms with Crippen molar-refractivity contribution < 1.29 is 4.79 Å². The zero-order chi connectivity index (χ0) is 15.8. The third kappa shape index (κ3) is 2.99. The summed E-state index contributed by atoms with van der Waals surface area (Å²) in [4.78, 5) is 12.4. The Morgan fingerprint density at radius 1 is 1.22 bits per heavy atom. The second-order valence-corrected chi connectivity index (χ2v) is 6.66. The van der Waals surface area contributed by atoms with E-state index in [1.54, 1.807) is 10.9 Å². The van der Waals surface area contributed by atoms with Gasteiger partial charge >= 0.3 is 0 Å². The summed E-state index contributed by atoms with van der Waals surface area (Å²) in [5, 5.41) is 14.8. The average Bonchev–Trinajstić information content (AvgIpc) is 3.15. The normalized spacial score (nSPS) is 26.2. The molecular weight excluding hydrogens is 290 g/mol. The Bertz CT molecular complexity index is 696. The number of aromatic nitrogens is 3. The fraction of sp³-hybridized carbons (Fsp3) is 0.471. The highest BCUT2D eigenvalue weighted by Crippen LogP contribution is 2.26. The lowest BCUT2D eigenvalue weighted by Gasteiger charge is -2.29. The first-order valence-corrected chi connectivity index (χ1v) is 8.24. The van der Waals surface area contributed by atoms with E-state index in [1.165, 1.54) is 18.4 Å². The minimum atomic E-state index is -0.130. The number of carbonyl (C=O) groups excluding carboxylic acids is 1. The van der Waals surface area contributed by atoms with Crippen molar-refractivity contribution in [1.29, 1.82) is 0 Å². The van der Waals surface area contributed by atoms with Crippen LogP contribution in [0.25, 0.3) is 5.69 Å². The molecule has 2 aromatic rings. The number of piperidine rings is 1. The quantitative estimate of drug-likeness (QED) is 0.903. The second kappa shape index (κ2) is 5.77. The zero-order valence-electron chi connectivity index (χ0n) is 13.2. The fourth-order valence-corrected chi connectivity index (χ4v) is 3.63. The van der Waals surface area contributed by atoms with E-state index in [0.29, 0.717) is 17.8 Å². The number of amides is 1. The lowest BCUT2D eigenvalue weighted by molar-refractivity contribution is 0.0919. The van der Waals surface area contributed by atoms with Crippen molar-refractivity contribution >= 4 is 5.91 Å². The Morgan fingerprint density at radius 2 is 1.91 bits per heavy atom. The molecule has 2 saturated heterocycles. The van der Waals surface area contributed by atoms with Crippen molar-refractivity contribution in [1.82, 2.24) is 25.6 Å². The maximum absolute atomic E-state index is 12.4. The summed E-state index contributed by atoms with van der Waals surface area (Å²) in [6.07, 6.45) is 6.15. The molecule has 1 aromatic carbocycles. The highest BCUT2D eigenvalue weighted by Gasteiger charge is 2.34. The van der Waals surface area contributed by atoms with Crippen molar-refractivity contribution in [2.24, 2.45) is 0 Å². The minimum Gasteiger partial charge on any atom is -0.348 e. The van der Waals surface area contributed by atoms with Crippen molar-refractivity contribution in [3.63, 3.8) is 0 Å². The highest BCUT2D eigenvalue weighted by atomic mass is 16.2. The summed E-state index contributed by atoms with van der Waals surface area (Å²) in [5.74, 6) is -0.130. The van der Waals surface area contributed by atoms with Crippen LogP contribution in [0.1, 0.15) is 41.7 Å². The van der Waals surface area contributed by atoms with Crippen LogP contribution in [0.5, 0.6) is 0 Å². The standard InChI is InChI=1S/C17H21N5O/c1-11-2-6-15(7-3-11)22-10-16(20-21-22)17(23)19-14-8-12-4-5-13(9-14)18-12/h2-3,6-7,10,12-14,18H,4-5,8-9H2,1H3,(H,19,23). The maximum Gasteiger partial charge on any atom is 0.273 e. The summed E-state index contributed by atoms with van der Waals surface area (Å²) in [7, 11) is 0. The molecule has 4 rings (SSSR count). The van der Waals surface area contributed by atoms with Crippen molar-refractivity contribution in [3.05, 3.63) is 41.7 Å². The fourth-order valence-electron chi connectivity index (χ4n) is 3.63. The highest BCUT2D eigenvalue weighted by molar-refractivity contribution is 5.92. The molecule has 1 aromatic heterocycles. The van der Waals surface area contributed by atoms with Gasteiger partial charge in [0.25, 0.3) is 5.91 Å². The van der Waals surface area contributed by atoms with E-state index in [-0.39, 0.29) is 11.9 Å². The van der Waals surface area contributed by atoms with Gasteiger partial charge in [0.05, 0.1) is 11.9 Å². The van der Waals surface area contributed by atoms with Gasteiger partial charge in [0.2, 0.25) is 0 Å². The molecule has 0 radical (unpaired) electrons. The lowest BCUT2D eigenvalue weighted by atomic mass is 10.00. The number of nitrogens with one attached hydrogen (secondary N) is 2. The maximum atomic E-state index is 12.4. The first-order chi connectivity index (χ1) is 11.2. The summed E-state index contributed by atoms with van der Waals surface area (Å²) in [6, 6.07) is 9.32. The number of aryl methyl sites for hydroxylation is 1. The van der Waals surface area contributed by atoms with Gasteiger partial charge in [-0.25, -0.2) is 4.68 Å². The first-order valence-electron chi connectivity index (χ1n) is 8.24. The van der Waals surface area contributed by atoms with E-state index in [9.17, 15) is 4.79 Å². The van der Waals surface area contributed by atoms with Crippen LogP contribution in [-0.2, 0) is 0 Å². The molecule has 1 amide bonds. The molecule has 6 nitrogen and oxygen atoms in total. The lowest BCUT2D eigenvalue weighted by Crippen LogP contribution is -2.48. The SMILES string of the molecule is Cc1ccc(-n2cc(C(=O)NC3CC4CCC(C3)N4)nn2)cc1. The van der Waals surface area contributed by atoms with Gasteiger partial charge in [-0.05, 0) is 44.7 Å². The van der Waals surface area contributed by atoms with Crippen LogP contribution in [0.3, 0.4) is 0 Å². The van der Waals surface area contributed by atoms with Crippen LogP contribution < -0.4 is 10.6 Å². The topological polar surface area (TPSA) is 71.8 Å². The zero-order valence-corrected chi connectivity index (χ0v) is 13.2. The summed E-state index contributed by atoms with van der Waals surface area (Å²) in [5.41, 5.74) is 2.46. The Morgan fingerprint density at radius 3 is 2.61 bits per heavy atom. The molecule has 2 bridgehead atoms. The van der Waals surface area contributed by atoms with Gasteiger partial charge in [-0.15, -0.1) is 5.10 Å². The number of hydrogen-bond donors (Lipinski definition) is 2. The number of carbonyl (C=O) groups is 1. The van der Waals surface area contributed by atoms with E-state index >= 15 is 0 Å². The van der Waals surface area contributed by atoms with Crippen molar-refractivity contribution in [2.45, 2.75) is 50.7 Å². The number of fused-ring (bicyclic) bond motifs is 2. The Hall–Kier alpha value is -2.21. The van der Waals surface area contributed by atoms with E-state index in [2.05, 4.69) is 20.9 Å². The molecule has 2 atom stereocenters. The molecule has 0 aliphatic carbocycles. The van der Waals surface area contributed by atoms with Gasteiger partial charge in [-0.1, -0.05) is 22.9 Å². The summed E-state index contributed by atoms with van der Waals surface area (Å²) >= 11 is 0. The van der Waals surface area contributed by atoms with Crippen LogP contribution in [-0.4, -0.2) is 39.0 Å². The third-order valence-corrected chi connectivity index (χ3v) is 4.83. The van der Waals surface area contributed by atoms with E-state index in [4.69, 9.17) is 0 Å². The Balaban J connectivity index is 1.44. The predicted molar refractivity (Wildman–Crippen MR) is 86.5 cm³/mol. The number of hydrogen-bond acceptors (Lipinski definition) is 4. The molecule has 2 fully saturated rings. The molecule has 6 heteroatoms. The van der Waals surface area contributed by atoms with E-state index in [0.717, 1.165) is 18.5 Å². The van der Waals surface area contributed by atoms with Crippen molar-refractivity contribution in [2.75, 3.05) is 0 Å². The van der Waals surface area contributed by atoms with E-state index in [1.807, 2.05) is 31.2 Å².